The third kappa shape index (κ3) is 5.73. The Morgan fingerprint density at radius 3 is 2.47 bits per heavy atom. The number of aromatic nitrogens is 1. The summed E-state index contributed by atoms with van der Waals surface area (Å²) < 4.78 is 67.1. The van der Waals surface area contributed by atoms with Crippen molar-refractivity contribution in [1.82, 2.24) is 10.1 Å². The number of rotatable bonds is 7. The summed E-state index contributed by atoms with van der Waals surface area (Å²) in [7, 11) is -4.15. The highest BCUT2D eigenvalue weighted by atomic mass is 32.2. The van der Waals surface area contributed by atoms with Crippen LogP contribution < -0.4 is 4.72 Å². The predicted octanol–water partition coefficient (Wildman–Crippen LogP) is 5.35. The Morgan fingerprint density at radius 2 is 1.84 bits per heavy atom. The van der Waals surface area contributed by atoms with Gasteiger partial charge in [-0.2, -0.15) is 0 Å². The molecular formula is C27H31F2N3O5S. The first-order valence-electron chi connectivity index (χ1n) is 12.3. The fraction of sp³-hybridized carbons (Fsp3) is 0.407. The molecule has 0 saturated carbocycles. The van der Waals surface area contributed by atoms with Gasteiger partial charge in [-0.1, -0.05) is 32.0 Å². The molecule has 0 saturated heterocycles. The number of hydrogen-bond donors (Lipinski definition) is 1. The number of hydrogen-bond acceptors (Lipinski definition) is 7. The van der Waals surface area contributed by atoms with Gasteiger partial charge in [0, 0.05) is 30.6 Å². The Bertz CT molecular complexity index is 1440. The van der Waals surface area contributed by atoms with E-state index in [1.807, 2.05) is 32.6 Å². The van der Waals surface area contributed by atoms with Crippen LogP contribution >= 0.6 is 0 Å². The normalized spacial score (nSPS) is 15.1. The molecule has 0 radical (unpaired) electrons. The van der Waals surface area contributed by atoms with E-state index in [9.17, 15) is 22.0 Å². The summed E-state index contributed by atoms with van der Waals surface area (Å²) >= 11 is 0. The molecule has 0 unspecified atom stereocenters. The summed E-state index contributed by atoms with van der Waals surface area (Å²) in [6.07, 6.45) is 0.649. The Kier molecular flexibility index (Phi) is 7.62. The van der Waals surface area contributed by atoms with E-state index in [0.717, 1.165) is 17.2 Å². The van der Waals surface area contributed by atoms with E-state index in [0.29, 0.717) is 25.1 Å². The summed E-state index contributed by atoms with van der Waals surface area (Å²) in [4.78, 5) is 14.7. The second kappa shape index (κ2) is 10.5. The highest BCUT2D eigenvalue weighted by Crippen LogP contribution is 2.33. The van der Waals surface area contributed by atoms with Gasteiger partial charge in [0.25, 0.3) is 10.0 Å². The number of nitrogens with zero attached hydrogens (tertiary/aromatic N) is 2. The Morgan fingerprint density at radius 1 is 1.16 bits per heavy atom. The van der Waals surface area contributed by atoms with Gasteiger partial charge in [0.1, 0.15) is 17.2 Å². The lowest BCUT2D eigenvalue weighted by Crippen LogP contribution is -2.33. The molecule has 0 aliphatic carbocycles. The fourth-order valence-corrected chi connectivity index (χ4v) is 5.59. The molecule has 0 fully saturated rings. The zero-order valence-corrected chi connectivity index (χ0v) is 22.8. The quantitative estimate of drug-likeness (QED) is 0.398. The molecule has 0 bridgehead atoms. The van der Waals surface area contributed by atoms with E-state index in [-0.39, 0.29) is 34.7 Å². The highest BCUT2D eigenvalue weighted by molar-refractivity contribution is 7.92. The second-order valence-corrected chi connectivity index (χ2v) is 12.0. The number of carbonyl (C=O) groups excluding carboxylic acids is 1. The largest absolute Gasteiger partial charge is 0.462 e. The van der Waals surface area contributed by atoms with Gasteiger partial charge in [0.15, 0.2) is 11.6 Å². The lowest BCUT2D eigenvalue weighted by Gasteiger charge is -2.34. The van der Waals surface area contributed by atoms with E-state index in [4.69, 9.17) is 9.26 Å². The van der Waals surface area contributed by atoms with Crippen molar-refractivity contribution < 1.29 is 31.3 Å². The van der Waals surface area contributed by atoms with Crippen LogP contribution in [0, 0.1) is 11.6 Å². The number of anilines is 1. The molecule has 2 heterocycles. The maximum absolute atomic E-state index is 13.8. The third-order valence-corrected chi connectivity index (χ3v) is 7.87. The van der Waals surface area contributed by atoms with Crippen molar-refractivity contribution in [2.24, 2.45) is 0 Å². The van der Waals surface area contributed by atoms with Gasteiger partial charge < -0.3 is 9.26 Å². The number of ether oxygens (including phenoxy) is 1. The van der Waals surface area contributed by atoms with Crippen LogP contribution in [0.15, 0.2) is 45.8 Å². The molecule has 1 atom stereocenters. The van der Waals surface area contributed by atoms with Crippen molar-refractivity contribution in [3.8, 4) is 0 Å². The van der Waals surface area contributed by atoms with Gasteiger partial charge in [0.05, 0.1) is 11.5 Å². The summed E-state index contributed by atoms with van der Waals surface area (Å²) in [6.45, 7) is 10.1. The number of halogens is 2. The average molecular weight is 548 g/mol. The molecular weight excluding hydrogens is 516 g/mol. The van der Waals surface area contributed by atoms with Crippen LogP contribution in [-0.4, -0.2) is 37.6 Å². The summed E-state index contributed by atoms with van der Waals surface area (Å²) in [5.74, 6) is -2.06. The smallest absolute Gasteiger partial charge is 0.345 e. The van der Waals surface area contributed by atoms with Crippen LogP contribution in [0.2, 0.25) is 0 Å². The lowest BCUT2D eigenvalue weighted by molar-refractivity contribution is 0.0522. The first-order valence-corrected chi connectivity index (χ1v) is 13.8. The Balaban J connectivity index is 1.61. The van der Waals surface area contributed by atoms with Crippen molar-refractivity contribution in [1.29, 1.82) is 0 Å². The minimum absolute atomic E-state index is 0.0160. The Hall–Kier alpha value is -3.31. The minimum atomic E-state index is -4.15. The van der Waals surface area contributed by atoms with E-state index in [1.165, 1.54) is 18.2 Å². The first-order chi connectivity index (χ1) is 17.8. The van der Waals surface area contributed by atoms with E-state index >= 15 is 0 Å². The topological polar surface area (TPSA) is 102 Å². The van der Waals surface area contributed by atoms with Crippen LogP contribution in [0.3, 0.4) is 0 Å². The van der Waals surface area contributed by atoms with Crippen LogP contribution in [0.25, 0.3) is 0 Å². The van der Waals surface area contributed by atoms with Crippen LogP contribution in [0.4, 0.5) is 14.6 Å². The summed E-state index contributed by atoms with van der Waals surface area (Å²) in [5.41, 5.74) is 1.58. The molecule has 0 spiro atoms. The number of esters is 1. The standard InChI is InChI=1S/C27H31F2N3O5S/c1-6-36-26(33)23-24(27(3,4)5)37-30-25(23)31-38(34,35)22-8-7-17-9-10-32(15-19(17)13-22)16(2)18-11-20(28)14-21(29)12-18/h7-8,11-14,16H,6,9-10,15H2,1-5H3,(H,30,31)/t16-/m1/s1. The van der Waals surface area contributed by atoms with E-state index in [2.05, 4.69) is 9.88 Å². The average Bonchev–Trinajstić information content (AvgIpc) is 3.26. The Labute approximate surface area is 221 Å². The number of fused-ring (bicyclic) bond motifs is 1. The molecule has 1 N–H and O–H groups in total. The first kappa shape index (κ1) is 27.7. The zero-order chi connectivity index (χ0) is 27.8. The van der Waals surface area contributed by atoms with Gasteiger partial charge in [-0.05, 0) is 61.2 Å². The monoisotopic (exact) mass is 547 g/mol. The maximum Gasteiger partial charge on any atom is 0.345 e. The molecule has 204 valence electrons. The van der Waals surface area contributed by atoms with Gasteiger partial charge in [-0.15, -0.1) is 0 Å². The van der Waals surface area contributed by atoms with Crippen molar-refractivity contribution in [3.05, 3.63) is 76.0 Å². The number of carbonyl (C=O) groups is 1. The minimum Gasteiger partial charge on any atom is -0.462 e. The van der Waals surface area contributed by atoms with Crippen molar-refractivity contribution in [2.75, 3.05) is 17.9 Å². The van der Waals surface area contributed by atoms with Crippen molar-refractivity contribution >= 4 is 21.8 Å². The number of sulfonamides is 1. The molecule has 38 heavy (non-hydrogen) atoms. The molecule has 4 rings (SSSR count). The van der Waals surface area contributed by atoms with Gasteiger partial charge in [-0.3, -0.25) is 9.62 Å². The van der Waals surface area contributed by atoms with Crippen LogP contribution in [0.5, 0.6) is 0 Å². The molecule has 0 amide bonds. The SMILES string of the molecule is CCOC(=O)c1c(NS(=O)(=O)c2ccc3c(c2)CN([C@H](C)c2cc(F)cc(F)c2)CC3)noc1C(C)(C)C. The fourth-order valence-electron chi connectivity index (χ4n) is 4.53. The molecule has 1 aliphatic heterocycles. The second-order valence-electron chi connectivity index (χ2n) is 10.3. The summed E-state index contributed by atoms with van der Waals surface area (Å²) in [6, 6.07) is 7.97. The predicted molar refractivity (Wildman–Crippen MR) is 137 cm³/mol. The molecule has 11 heteroatoms. The molecule has 8 nitrogen and oxygen atoms in total. The third-order valence-electron chi connectivity index (χ3n) is 6.53. The molecule has 3 aromatic rings. The van der Waals surface area contributed by atoms with Crippen molar-refractivity contribution in [2.45, 2.75) is 63.9 Å². The van der Waals surface area contributed by atoms with E-state index in [1.54, 1.807) is 19.1 Å². The zero-order valence-electron chi connectivity index (χ0n) is 22.0. The van der Waals surface area contributed by atoms with Crippen molar-refractivity contribution in [3.63, 3.8) is 0 Å². The molecule has 1 aromatic heterocycles. The van der Waals surface area contributed by atoms with Gasteiger partial charge >= 0.3 is 5.97 Å². The lowest BCUT2D eigenvalue weighted by atomic mass is 9.90. The molecule has 2 aromatic carbocycles. The van der Waals surface area contributed by atoms with Crippen LogP contribution in [-0.2, 0) is 33.1 Å². The van der Waals surface area contributed by atoms with Gasteiger partial charge in [0.2, 0.25) is 0 Å². The van der Waals surface area contributed by atoms with Gasteiger partial charge in [-0.25, -0.2) is 22.0 Å². The molecule has 1 aliphatic rings. The number of nitrogens with one attached hydrogen (secondary N) is 1. The summed E-state index contributed by atoms with van der Waals surface area (Å²) in [5, 5.41) is 3.83. The number of benzene rings is 2. The van der Waals surface area contributed by atoms with E-state index < -0.39 is 33.0 Å². The maximum atomic E-state index is 13.8. The van der Waals surface area contributed by atoms with Crippen LogP contribution in [0.1, 0.15) is 73.5 Å². The highest BCUT2D eigenvalue weighted by Gasteiger charge is 2.34.